The molecule has 1 aromatic rings. The minimum Gasteiger partial charge on any atom is -0.488 e. The summed E-state index contributed by atoms with van der Waals surface area (Å²) in [6.07, 6.45) is 4.78. The van der Waals surface area contributed by atoms with E-state index in [1.807, 2.05) is 12.1 Å². The molecule has 0 aliphatic heterocycles. The first-order chi connectivity index (χ1) is 9.72. The van der Waals surface area contributed by atoms with Crippen LogP contribution in [0.15, 0.2) is 29.8 Å². The van der Waals surface area contributed by atoms with E-state index in [9.17, 15) is 5.11 Å². The van der Waals surface area contributed by atoms with Gasteiger partial charge in [0.05, 0.1) is 6.10 Å². The molecule has 2 rings (SSSR count). The second-order valence-electron chi connectivity index (χ2n) is 4.86. The number of allylic oxidation sites excluding steroid dienone is 1. The molecule has 2 atom stereocenters. The van der Waals surface area contributed by atoms with Gasteiger partial charge in [-0.2, -0.15) is 10.5 Å². The lowest BCUT2D eigenvalue weighted by molar-refractivity contribution is 0.00687. The van der Waals surface area contributed by atoms with Crippen LogP contribution in [0.4, 0.5) is 0 Å². The zero-order valence-corrected chi connectivity index (χ0v) is 11.1. The van der Waals surface area contributed by atoms with Crippen LogP contribution in [-0.4, -0.2) is 17.3 Å². The molecule has 1 aromatic carbocycles. The molecule has 1 N–H and O–H groups in total. The molecule has 4 nitrogen and oxygen atoms in total. The highest BCUT2D eigenvalue weighted by molar-refractivity contribution is 5.62. The monoisotopic (exact) mass is 268 g/mol. The fourth-order valence-corrected chi connectivity index (χ4v) is 2.29. The average molecular weight is 268 g/mol. The number of benzene rings is 1. The minimum absolute atomic E-state index is 0.0707. The smallest absolute Gasteiger partial charge is 0.130 e. The first kappa shape index (κ1) is 14.1. The summed E-state index contributed by atoms with van der Waals surface area (Å²) >= 11 is 0. The van der Waals surface area contributed by atoms with Gasteiger partial charge in [-0.3, -0.25) is 0 Å². The van der Waals surface area contributed by atoms with Crippen molar-refractivity contribution in [2.24, 2.45) is 0 Å². The number of ether oxygens (including phenoxy) is 1. The van der Waals surface area contributed by atoms with E-state index in [0.717, 1.165) is 31.2 Å². The molecule has 0 saturated heterocycles. The Labute approximate surface area is 118 Å². The van der Waals surface area contributed by atoms with Gasteiger partial charge in [-0.15, -0.1) is 0 Å². The summed E-state index contributed by atoms with van der Waals surface area (Å²) < 4.78 is 5.78. The summed E-state index contributed by atoms with van der Waals surface area (Å²) in [5.41, 5.74) is 0.848. The summed E-state index contributed by atoms with van der Waals surface area (Å²) in [6.45, 7) is 0. The highest BCUT2D eigenvalue weighted by Crippen LogP contribution is 2.24. The fourth-order valence-electron chi connectivity index (χ4n) is 2.29. The van der Waals surface area contributed by atoms with Gasteiger partial charge in [0.15, 0.2) is 0 Å². The molecule has 0 amide bonds. The second-order valence-corrected chi connectivity index (χ2v) is 4.86. The third kappa shape index (κ3) is 3.60. The topological polar surface area (TPSA) is 77.0 Å². The Balaban J connectivity index is 2.04. The predicted molar refractivity (Wildman–Crippen MR) is 74.5 cm³/mol. The molecule has 1 aliphatic rings. The van der Waals surface area contributed by atoms with Crippen LogP contribution >= 0.6 is 0 Å². The van der Waals surface area contributed by atoms with Gasteiger partial charge >= 0.3 is 0 Å². The Morgan fingerprint density at radius 3 is 2.40 bits per heavy atom. The minimum atomic E-state index is -0.396. The molecule has 0 heterocycles. The summed E-state index contributed by atoms with van der Waals surface area (Å²) in [7, 11) is 0. The Morgan fingerprint density at radius 2 is 1.80 bits per heavy atom. The van der Waals surface area contributed by atoms with Crippen molar-refractivity contribution in [1.82, 2.24) is 0 Å². The number of rotatable bonds is 3. The van der Waals surface area contributed by atoms with Crippen LogP contribution in [0, 0.1) is 22.7 Å². The molecule has 4 heteroatoms. The Morgan fingerprint density at radius 1 is 1.15 bits per heavy atom. The van der Waals surface area contributed by atoms with Crippen LogP contribution in [0.1, 0.15) is 31.2 Å². The molecule has 102 valence electrons. The van der Waals surface area contributed by atoms with Gasteiger partial charge in [0.25, 0.3) is 0 Å². The van der Waals surface area contributed by atoms with Crippen LogP contribution in [0.3, 0.4) is 0 Å². The van der Waals surface area contributed by atoms with Crippen LogP contribution in [0.2, 0.25) is 0 Å². The van der Waals surface area contributed by atoms with Crippen LogP contribution in [0.25, 0.3) is 6.08 Å². The van der Waals surface area contributed by atoms with Crippen molar-refractivity contribution in [3.05, 3.63) is 35.4 Å². The quantitative estimate of drug-likeness (QED) is 0.855. The summed E-state index contributed by atoms with van der Waals surface area (Å²) in [4.78, 5) is 0. The lowest BCUT2D eigenvalue weighted by atomic mass is 9.95. The van der Waals surface area contributed by atoms with Crippen molar-refractivity contribution in [2.45, 2.75) is 37.9 Å². The number of nitriles is 2. The maximum Gasteiger partial charge on any atom is 0.130 e. The van der Waals surface area contributed by atoms with Gasteiger partial charge in [-0.25, -0.2) is 0 Å². The highest BCUT2D eigenvalue weighted by Gasteiger charge is 2.24. The van der Waals surface area contributed by atoms with Crippen LogP contribution in [0.5, 0.6) is 5.75 Å². The average Bonchev–Trinajstić information content (AvgIpc) is 2.49. The van der Waals surface area contributed by atoms with Crippen molar-refractivity contribution >= 4 is 6.08 Å². The van der Waals surface area contributed by atoms with Gasteiger partial charge in [0, 0.05) is 0 Å². The van der Waals surface area contributed by atoms with Crippen LogP contribution < -0.4 is 4.74 Å². The highest BCUT2D eigenvalue weighted by atomic mass is 16.5. The molecule has 0 spiro atoms. The lowest BCUT2D eigenvalue weighted by Gasteiger charge is -2.28. The van der Waals surface area contributed by atoms with E-state index < -0.39 is 6.10 Å². The molecule has 1 aliphatic carbocycles. The van der Waals surface area contributed by atoms with Gasteiger partial charge in [-0.05, 0) is 43.0 Å². The van der Waals surface area contributed by atoms with Crippen LogP contribution in [-0.2, 0) is 0 Å². The van der Waals surface area contributed by atoms with Crippen molar-refractivity contribution < 1.29 is 9.84 Å². The predicted octanol–water partition coefficient (Wildman–Crippen LogP) is 2.80. The molecule has 0 radical (unpaired) electrons. The zero-order valence-electron chi connectivity index (χ0n) is 11.1. The lowest BCUT2D eigenvalue weighted by Crippen LogP contribution is -2.34. The van der Waals surface area contributed by atoms with Crippen molar-refractivity contribution in [1.29, 1.82) is 10.5 Å². The zero-order chi connectivity index (χ0) is 14.4. The molecular weight excluding hydrogens is 252 g/mol. The maximum absolute atomic E-state index is 9.86. The first-order valence-corrected chi connectivity index (χ1v) is 6.69. The number of hydrogen-bond acceptors (Lipinski definition) is 4. The molecule has 20 heavy (non-hydrogen) atoms. The number of nitrogens with zero attached hydrogens (tertiary/aromatic N) is 2. The molecule has 0 aromatic heterocycles. The molecule has 0 unspecified atom stereocenters. The third-order valence-corrected chi connectivity index (χ3v) is 3.39. The van der Waals surface area contributed by atoms with Gasteiger partial charge in [-0.1, -0.05) is 18.6 Å². The largest absolute Gasteiger partial charge is 0.488 e. The van der Waals surface area contributed by atoms with Gasteiger partial charge in [0.1, 0.15) is 29.6 Å². The second kappa shape index (κ2) is 6.75. The fraction of sp³-hybridized carbons (Fsp3) is 0.375. The normalized spacial score (nSPS) is 21.4. The van der Waals surface area contributed by atoms with E-state index in [-0.39, 0.29) is 11.7 Å². The van der Waals surface area contributed by atoms with E-state index in [2.05, 4.69) is 0 Å². The SMILES string of the molecule is N#CC(C#N)=Cc1ccc(O[C@@H]2CCCC[C@H]2O)cc1. The van der Waals surface area contributed by atoms with Gasteiger partial charge < -0.3 is 9.84 Å². The standard InChI is InChI=1S/C16H16N2O2/c17-10-13(11-18)9-12-5-7-14(8-6-12)20-16-4-2-1-3-15(16)19/h5-9,15-16,19H,1-4H2/t15-,16-/m1/s1. The molecule has 1 saturated carbocycles. The summed E-state index contributed by atoms with van der Waals surface area (Å²) in [5.74, 6) is 0.698. The molecule has 0 bridgehead atoms. The van der Waals surface area contributed by atoms with Gasteiger partial charge in [0.2, 0.25) is 0 Å². The summed E-state index contributed by atoms with van der Waals surface area (Å²) in [5, 5.41) is 27.2. The van der Waals surface area contributed by atoms with E-state index in [1.54, 1.807) is 24.3 Å². The molecular formula is C16H16N2O2. The van der Waals surface area contributed by atoms with E-state index in [1.165, 1.54) is 6.08 Å². The van der Waals surface area contributed by atoms with E-state index in [0.29, 0.717) is 5.75 Å². The molecule has 1 fully saturated rings. The summed E-state index contributed by atoms with van der Waals surface area (Å²) in [6, 6.07) is 10.8. The first-order valence-electron chi connectivity index (χ1n) is 6.69. The number of aliphatic hydroxyl groups is 1. The van der Waals surface area contributed by atoms with E-state index >= 15 is 0 Å². The Hall–Kier alpha value is -2.30. The number of hydrogen-bond donors (Lipinski definition) is 1. The van der Waals surface area contributed by atoms with Crippen molar-refractivity contribution in [2.75, 3.05) is 0 Å². The maximum atomic E-state index is 9.86. The van der Waals surface area contributed by atoms with Crippen molar-refractivity contribution in [3.8, 4) is 17.9 Å². The van der Waals surface area contributed by atoms with E-state index in [4.69, 9.17) is 15.3 Å². The number of aliphatic hydroxyl groups excluding tert-OH is 1. The Kier molecular flexibility index (Phi) is 4.76. The third-order valence-electron chi connectivity index (χ3n) is 3.39. The Bertz CT molecular complexity index is 548. The van der Waals surface area contributed by atoms with Crippen molar-refractivity contribution in [3.63, 3.8) is 0 Å².